The van der Waals surface area contributed by atoms with Crippen molar-refractivity contribution in [2.75, 3.05) is 0 Å². The first-order chi connectivity index (χ1) is 6.16. The summed E-state index contributed by atoms with van der Waals surface area (Å²) in [6.45, 7) is 0.141. The van der Waals surface area contributed by atoms with Crippen molar-refractivity contribution < 1.29 is 9.76 Å². The zero-order chi connectivity index (χ0) is 9.84. The van der Waals surface area contributed by atoms with Gasteiger partial charge in [-0.05, 0) is 15.9 Å². The van der Waals surface area contributed by atoms with Crippen molar-refractivity contribution in [2.45, 2.75) is 6.61 Å². The van der Waals surface area contributed by atoms with Crippen LogP contribution in [0.5, 0.6) is 0 Å². The van der Waals surface area contributed by atoms with Crippen LogP contribution in [-0.2, 0) is 11.4 Å². The van der Waals surface area contributed by atoms with Gasteiger partial charge < -0.3 is 0 Å². The molecule has 0 heterocycles. The normalized spacial score (nSPS) is 10.0. The number of nitro benzene ring substituents is 1. The molecular weight excluding hydrogens is 240 g/mol. The summed E-state index contributed by atoms with van der Waals surface area (Å²) in [5.74, 6) is 4.86. The van der Waals surface area contributed by atoms with E-state index >= 15 is 0 Å². The van der Waals surface area contributed by atoms with E-state index < -0.39 is 4.92 Å². The van der Waals surface area contributed by atoms with E-state index in [0.29, 0.717) is 10.0 Å². The molecule has 0 saturated carbocycles. The van der Waals surface area contributed by atoms with Gasteiger partial charge in [0.15, 0.2) is 0 Å². The maximum absolute atomic E-state index is 10.5. The number of nitrogens with zero attached hydrogens (tertiary/aromatic N) is 1. The molecule has 1 aromatic carbocycles. The Morgan fingerprint density at radius 3 is 2.85 bits per heavy atom. The summed E-state index contributed by atoms with van der Waals surface area (Å²) < 4.78 is 0.408. The van der Waals surface area contributed by atoms with Crippen LogP contribution in [0.1, 0.15) is 5.56 Å². The van der Waals surface area contributed by atoms with Gasteiger partial charge in [0.05, 0.1) is 11.5 Å². The van der Waals surface area contributed by atoms with E-state index in [1.807, 2.05) is 0 Å². The van der Waals surface area contributed by atoms with Crippen molar-refractivity contribution in [3.05, 3.63) is 38.3 Å². The number of halogens is 1. The van der Waals surface area contributed by atoms with E-state index in [1.165, 1.54) is 6.07 Å². The van der Waals surface area contributed by atoms with Crippen LogP contribution >= 0.6 is 15.9 Å². The van der Waals surface area contributed by atoms with Crippen LogP contribution in [0, 0.1) is 10.1 Å². The van der Waals surface area contributed by atoms with Gasteiger partial charge >= 0.3 is 0 Å². The molecule has 0 bridgehead atoms. The van der Waals surface area contributed by atoms with Crippen molar-refractivity contribution in [3.63, 3.8) is 0 Å². The van der Waals surface area contributed by atoms with Gasteiger partial charge in [0.2, 0.25) is 0 Å². The Kier molecular flexibility index (Phi) is 3.35. The maximum atomic E-state index is 10.5. The first kappa shape index (κ1) is 10.1. The van der Waals surface area contributed by atoms with E-state index in [-0.39, 0.29) is 12.3 Å². The highest BCUT2D eigenvalue weighted by Gasteiger charge is 2.14. The summed E-state index contributed by atoms with van der Waals surface area (Å²) in [5, 5.41) is 10.5. The van der Waals surface area contributed by atoms with E-state index in [2.05, 4.69) is 20.8 Å². The molecule has 13 heavy (non-hydrogen) atoms. The molecule has 0 spiro atoms. The quantitative estimate of drug-likeness (QED) is 0.651. The summed E-state index contributed by atoms with van der Waals surface area (Å²) in [4.78, 5) is 14.4. The van der Waals surface area contributed by atoms with E-state index in [1.54, 1.807) is 12.1 Å². The van der Waals surface area contributed by atoms with Crippen LogP contribution < -0.4 is 5.90 Å². The van der Waals surface area contributed by atoms with Gasteiger partial charge in [-0.3, -0.25) is 15.0 Å². The van der Waals surface area contributed by atoms with Gasteiger partial charge in [0.1, 0.15) is 4.47 Å². The molecule has 1 aromatic rings. The van der Waals surface area contributed by atoms with Crippen molar-refractivity contribution in [2.24, 2.45) is 5.90 Å². The molecule has 0 aliphatic rings. The minimum absolute atomic E-state index is 0.00884. The zero-order valence-electron chi connectivity index (χ0n) is 6.57. The molecule has 5 nitrogen and oxygen atoms in total. The average molecular weight is 247 g/mol. The lowest BCUT2D eigenvalue weighted by Crippen LogP contribution is -2.00. The first-order valence-corrected chi connectivity index (χ1v) is 4.19. The molecule has 0 aliphatic carbocycles. The lowest BCUT2D eigenvalue weighted by atomic mass is 10.2. The van der Waals surface area contributed by atoms with Crippen molar-refractivity contribution >= 4 is 21.6 Å². The fourth-order valence-electron chi connectivity index (χ4n) is 0.908. The number of nitro groups is 1. The van der Waals surface area contributed by atoms with Crippen LogP contribution in [0.2, 0.25) is 0 Å². The third-order valence-electron chi connectivity index (χ3n) is 1.49. The fraction of sp³-hybridized carbons (Fsp3) is 0.143. The highest BCUT2D eigenvalue weighted by atomic mass is 79.9. The molecule has 0 fully saturated rings. The lowest BCUT2D eigenvalue weighted by molar-refractivity contribution is -0.385. The number of benzene rings is 1. The summed E-state index contributed by atoms with van der Waals surface area (Å²) in [5.41, 5.74) is 0.659. The molecule has 2 N–H and O–H groups in total. The minimum Gasteiger partial charge on any atom is -0.300 e. The SMILES string of the molecule is NOCc1cccc([N+](=O)[O-])c1Br. The molecule has 0 saturated heterocycles. The lowest BCUT2D eigenvalue weighted by Gasteiger charge is -2.02. The van der Waals surface area contributed by atoms with E-state index in [4.69, 9.17) is 5.90 Å². The van der Waals surface area contributed by atoms with Crippen molar-refractivity contribution in [1.82, 2.24) is 0 Å². The second-order valence-corrected chi connectivity index (χ2v) is 3.11. The average Bonchev–Trinajstić information content (AvgIpc) is 2.08. The Bertz CT molecular complexity index is 330. The summed E-state index contributed by atoms with van der Waals surface area (Å²) in [6.07, 6.45) is 0. The maximum Gasteiger partial charge on any atom is 0.283 e. The van der Waals surface area contributed by atoms with Crippen LogP contribution in [0.3, 0.4) is 0 Å². The Morgan fingerprint density at radius 1 is 1.62 bits per heavy atom. The van der Waals surface area contributed by atoms with Gasteiger partial charge in [-0.15, -0.1) is 0 Å². The highest BCUT2D eigenvalue weighted by molar-refractivity contribution is 9.10. The molecule has 0 radical (unpaired) electrons. The Balaban J connectivity index is 3.10. The molecule has 0 atom stereocenters. The zero-order valence-corrected chi connectivity index (χ0v) is 8.15. The summed E-state index contributed by atoms with van der Waals surface area (Å²) in [7, 11) is 0. The van der Waals surface area contributed by atoms with Gasteiger partial charge in [0, 0.05) is 11.6 Å². The largest absolute Gasteiger partial charge is 0.300 e. The number of hydrogen-bond acceptors (Lipinski definition) is 4. The van der Waals surface area contributed by atoms with Crippen LogP contribution in [0.25, 0.3) is 0 Å². The van der Waals surface area contributed by atoms with Crippen molar-refractivity contribution in [1.29, 1.82) is 0 Å². The minimum atomic E-state index is -0.468. The van der Waals surface area contributed by atoms with E-state index in [0.717, 1.165) is 0 Å². The molecule has 6 heteroatoms. The van der Waals surface area contributed by atoms with Crippen LogP contribution in [-0.4, -0.2) is 4.92 Å². The summed E-state index contributed by atoms with van der Waals surface area (Å²) >= 11 is 3.11. The monoisotopic (exact) mass is 246 g/mol. The second-order valence-electron chi connectivity index (χ2n) is 2.32. The number of hydrogen-bond donors (Lipinski definition) is 1. The standard InChI is InChI=1S/C7H7BrN2O3/c8-7-5(4-13-9)2-1-3-6(7)10(11)12/h1-3H,4,9H2. The highest BCUT2D eigenvalue weighted by Crippen LogP contribution is 2.28. The Hall–Kier alpha value is -0.980. The first-order valence-electron chi connectivity index (χ1n) is 3.40. The number of rotatable bonds is 3. The van der Waals surface area contributed by atoms with E-state index in [9.17, 15) is 10.1 Å². The Morgan fingerprint density at radius 2 is 2.31 bits per heavy atom. The van der Waals surface area contributed by atoms with Crippen LogP contribution in [0.15, 0.2) is 22.7 Å². The fourth-order valence-corrected chi connectivity index (χ4v) is 1.43. The van der Waals surface area contributed by atoms with Gasteiger partial charge in [-0.2, -0.15) is 0 Å². The molecule has 0 unspecified atom stereocenters. The Labute approximate surface area is 82.7 Å². The van der Waals surface area contributed by atoms with Crippen LogP contribution in [0.4, 0.5) is 5.69 Å². The number of nitrogens with two attached hydrogens (primary N) is 1. The van der Waals surface area contributed by atoms with Gasteiger partial charge in [0.25, 0.3) is 5.69 Å². The molecule has 0 amide bonds. The third kappa shape index (κ3) is 2.24. The predicted octanol–water partition coefficient (Wildman–Crippen LogP) is 1.75. The summed E-state index contributed by atoms with van der Waals surface area (Å²) in [6, 6.07) is 4.69. The smallest absolute Gasteiger partial charge is 0.283 e. The van der Waals surface area contributed by atoms with Gasteiger partial charge in [-0.25, -0.2) is 5.90 Å². The topological polar surface area (TPSA) is 78.4 Å². The predicted molar refractivity (Wildman–Crippen MR) is 49.8 cm³/mol. The molecule has 1 rings (SSSR count). The second kappa shape index (κ2) is 4.31. The molecular formula is C7H7BrN2O3. The third-order valence-corrected chi connectivity index (χ3v) is 2.41. The van der Waals surface area contributed by atoms with Gasteiger partial charge in [-0.1, -0.05) is 12.1 Å². The van der Waals surface area contributed by atoms with Crippen molar-refractivity contribution in [3.8, 4) is 0 Å². The molecule has 0 aliphatic heterocycles. The molecule has 0 aromatic heterocycles. The molecule has 70 valence electrons.